The van der Waals surface area contributed by atoms with E-state index in [1.54, 1.807) is 0 Å². The average Bonchev–Trinajstić information content (AvgIpc) is 3.40. The zero-order valence-electron chi connectivity index (χ0n) is 52.6. The molecule has 1 N–H and O–H groups in total. The van der Waals surface area contributed by atoms with E-state index in [-0.39, 0.29) is 31.3 Å². The van der Waals surface area contributed by atoms with Gasteiger partial charge in [-0.25, -0.2) is 0 Å². The highest BCUT2D eigenvalue weighted by molar-refractivity contribution is 7.45. The maximum atomic E-state index is 13.5. The van der Waals surface area contributed by atoms with Crippen molar-refractivity contribution in [3.63, 3.8) is 0 Å². The van der Waals surface area contributed by atoms with Gasteiger partial charge >= 0.3 is 5.97 Å². The van der Waals surface area contributed by atoms with Crippen LogP contribution in [-0.2, 0) is 27.9 Å². The van der Waals surface area contributed by atoms with Gasteiger partial charge in [-0.3, -0.25) is 14.2 Å². The van der Waals surface area contributed by atoms with Crippen molar-refractivity contribution in [1.29, 1.82) is 0 Å². The van der Waals surface area contributed by atoms with Crippen molar-refractivity contribution < 1.29 is 37.3 Å². The number of phosphoric acid groups is 1. The quantitative estimate of drug-likeness (QED) is 0.0161. The molecule has 3 unspecified atom stereocenters. The van der Waals surface area contributed by atoms with Crippen molar-refractivity contribution >= 4 is 19.7 Å². The molecule has 0 aliphatic carbocycles. The van der Waals surface area contributed by atoms with Crippen LogP contribution in [0.2, 0.25) is 0 Å². The minimum atomic E-state index is -4.70. The van der Waals surface area contributed by atoms with Gasteiger partial charge in [-0.15, -0.1) is 0 Å². The highest BCUT2D eigenvalue weighted by atomic mass is 31.2. The third kappa shape index (κ3) is 58.9. The molecular formula is C68H131N2O7P. The van der Waals surface area contributed by atoms with Gasteiger partial charge in [0.2, 0.25) is 5.91 Å². The second-order valence-corrected chi connectivity index (χ2v) is 25.8. The summed E-state index contributed by atoms with van der Waals surface area (Å²) < 4.78 is 30.4. The summed E-state index contributed by atoms with van der Waals surface area (Å²) >= 11 is 0. The van der Waals surface area contributed by atoms with Gasteiger partial charge in [0.05, 0.1) is 33.8 Å². The molecular weight excluding hydrogens is 988 g/mol. The molecule has 0 fully saturated rings. The van der Waals surface area contributed by atoms with Gasteiger partial charge in [0.1, 0.15) is 19.3 Å². The second kappa shape index (κ2) is 58.4. The number of nitrogens with one attached hydrogen (secondary N) is 1. The summed E-state index contributed by atoms with van der Waals surface area (Å²) in [6.45, 7) is 6.87. The highest BCUT2D eigenvalue weighted by Crippen LogP contribution is 2.38. The summed E-state index contributed by atoms with van der Waals surface area (Å²) in [5.74, 6) is -0.555. The predicted molar refractivity (Wildman–Crippen MR) is 335 cm³/mol. The number of allylic oxidation sites excluding steroid dienone is 5. The first-order valence-electron chi connectivity index (χ1n) is 33.8. The van der Waals surface area contributed by atoms with Gasteiger partial charge in [0, 0.05) is 12.8 Å². The van der Waals surface area contributed by atoms with Crippen molar-refractivity contribution in [2.45, 2.75) is 348 Å². The second-order valence-electron chi connectivity index (χ2n) is 24.4. The molecule has 0 saturated carbocycles. The smallest absolute Gasteiger partial charge is 0.306 e. The Bertz CT molecular complexity index is 1430. The predicted octanol–water partition coefficient (Wildman–Crippen LogP) is 20.4. The van der Waals surface area contributed by atoms with E-state index in [1.165, 1.54) is 231 Å². The molecule has 0 rings (SSSR count). The maximum Gasteiger partial charge on any atom is 0.306 e. The number of rotatable bonds is 62. The molecule has 0 aliphatic rings. The fraction of sp³-hybridized carbons (Fsp3) is 0.882. The number of carbonyl (C=O) groups is 2. The Morgan fingerprint density at radius 1 is 0.449 bits per heavy atom. The molecule has 0 radical (unpaired) electrons. The molecule has 0 heterocycles. The number of amides is 1. The Morgan fingerprint density at radius 2 is 0.769 bits per heavy atom. The number of unbranched alkanes of at least 4 members (excludes halogenated alkanes) is 43. The molecule has 0 saturated heterocycles. The maximum absolute atomic E-state index is 13.5. The first kappa shape index (κ1) is 76.2. The molecule has 460 valence electrons. The lowest BCUT2D eigenvalue weighted by Gasteiger charge is -2.30. The van der Waals surface area contributed by atoms with E-state index in [4.69, 9.17) is 13.8 Å². The molecule has 9 nitrogen and oxygen atoms in total. The average molecular weight is 1120 g/mol. The number of hydrogen-bond acceptors (Lipinski definition) is 7. The number of likely N-dealkylation sites (N-methyl/N-ethyl adjacent to an activating group) is 1. The largest absolute Gasteiger partial charge is 0.756 e. The van der Waals surface area contributed by atoms with Crippen LogP contribution in [0, 0.1) is 0 Å². The van der Waals surface area contributed by atoms with E-state index in [0.717, 1.165) is 64.2 Å². The van der Waals surface area contributed by atoms with Gasteiger partial charge < -0.3 is 28.5 Å². The highest BCUT2D eigenvalue weighted by Gasteiger charge is 2.27. The zero-order valence-corrected chi connectivity index (χ0v) is 53.5. The van der Waals surface area contributed by atoms with E-state index >= 15 is 0 Å². The standard InChI is InChI=1S/C68H131N2O7P/c1-7-10-13-16-19-22-25-28-30-32-33-34-35-36-37-38-40-43-46-49-52-55-58-61-68(72)77-66(59-56-53-50-47-44-41-27-24-21-18-15-12-9-3)65(64-76-78(73,74)75-63-62-70(4,5)6)69-67(71)60-57-54-51-48-45-42-39-31-29-26-23-20-17-14-11-8-2/h31,39,42,45,56,59,65-66H,7-30,32-38,40-41,43-44,46-55,57-58,60-64H2,1-6H3,(H-,69,71,73,74)/b39-31+,45-42+,59-56-. The fourth-order valence-corrected chi connectivity index (χ4v) is 10.8. The van der Waals surface area contributed by atoms with Crippen LogP contribution in [0.15, 0.2) is 36.5 Å². The third-order valence-corrected chi connectivity index (χ3v) is 16.3. The number of carbonyl (C=O) groups excluding carboxylic acids is 2. The molecule has 0 aromatic heterocycles. The van der Waals surface area contributed by atoms with Crippen molar-refractivity contribution in [2.24, 2.45) is 0 Å². The van der Waals surface area contributed by atoms with Crippen LogP contribution < -0.4 is 10.2 Å². The van der Waals surface area contributed by atoms with Crippen molar-refractivity contribution in [1.82, 2.24) is 5.32 Å². The van der Waals surface area contributed by atoms with Crippen LogP contribution >= 0.6 is 7.82 Å². The van der Waals surface area contributed by atoms with Crippen LogP contribution in [0.5, 0.6) is 0 Å². The van der Waals surface area contributed by atoms with Crippen LogP contribution in [0.1, 0.15) is 335 Å². The molecule has 10 heteroatoms. The minimum Gasteiger partial charge on any atom is -0.756 e. The van der Waals surface area contributed by atoms with Crippen molar-refractivity contribution in [3.05, 3.63) is 36.5 Å². The molecule has 3 atom stereocenters. The summed E-state index contributed by atoms with van der Waals surface area (Å²) in [6.07, 6.45) is 71.2. The topological polar surface area (TPSA) is 114 Å². The number of esters is 1. The Morgan fingerprint density at radius 3 is 1.14 bits per heavy atom. The Hall–Kier alpha value is -1.77. The summed E-state index contributed by atoms with van der Waals surface area (Å²) in [7, 11) is 1.18. The number of ether oxygens (including phenoxy) is 1. The van der Waals surface area contributed by atoms with Crippen molar-refractivity contribution in [2.75, 3.05) is 40.9 Å². The SMILES string of the molecule is CCCCCCCCC/C=C/C=C/CCCCCC(=O)NC(COP(=O)([O-])OCC[N+](C)(C)C)C(/C=C\CCCCCCCCCCCCC)OC(=O)CCCCCCCCCCCCCCCCCCCCCCCCC. The van der Waals surface area contributed by atoms with E-state index in [0.29, 0.717) is 17.4 Å². The molecule has 0 spiro atoms. The number of quaternary nitrogens is 1. The monoisotopic (exact) mass is 1120 g/mol. The summed E-state index contributed by atoms with van der Waals surface area (Å²) in [4.78, 5) is 40.1. The number of hydrogen-bond donors (Lipinski definition) is 1. The number of nitrogens with zero attached hydrogens (tertiary/aromatic N) is 1. The van der Waals surface area contributed by atoms with Gasteiger partial charge in [-0.05, 0) is 57.4 Å². The fourth-order valence-electron chi connectivity index (χ4n) is 10.1. The van der Waals surface area contributed by atoms with E-state index in [2.05, 4.69) is 50.4 Å². The Balaban J connectivity index is 5.15. The Kier molecular flexibility index (Phi) is 57.1. The first-order chi connectivity index (χ1) is 37.9. The van der Waals surface area contributed by atoms with Crippen LogP contribution in [0.4, 0.5) is 0 Å². The minimum absolute atomic E-state index is 0.0249. The van der Waals surface area contributed by atoms with Gasteiger partial charge in [0.15, 0.2) is 0 Å². The summed E-state index contributed by atoms with van der Waals surface area (Å²) in [5, 5.41) is 3.02. The van der Waals surface area contributed by atoms with Gasteiger partial charge in [0.25, 0.3) is 7.82 Å². The Labute approximate surface area is 485 Å². The molecule has 0 bridgehead atoms. The first-order valence-corrected chi connectivity index (χ1v) is 35.3. The lowest BCUT2D eigenvalue weighted by atomic mass is 10.0. The lowest BCUT2D eigenvalue weighted by molar-refractivity contribution is -0.870. The molecule has 1 amide bonds. The van der Waals surface area contributed by atoms with E-state index < -0.39 is 26.6 Å². The van der Waals surface area contributed by atoms with Gasteiger partial charge in [-0.2, -0.15) is 0 Å². The van der Waals surface area contributed by atoms with E-state index in [9.17, 15) is 19.0 Å². The molecule has 0 aromatic carbocycles. The van der Waals surface area contributed by atoms with Crippen LogP contribution in [-0.4, -0.2) is 69.4 Å². The molecule has 78 heavy (non-hydrogen) atoms. The molecule has 0 aliphatic heterocycles. The zero-order chi connectivity index (χ0) is 57.2. The number of phosphoric ester groups is 1. The third-order valence-electron chi connectivity index (χ3n) is 15.4. The summed E-state index contributed by atoms with van der Waals surface area (Å²) in [5.41, 5.74) is 0. The normalized spacial score (nSPS) is 13.8. The van der Waals surface area contributed by atoms with E-state index in [1.807, 2.05) is 33.3 Å². The summed E-state index contributed by atoms with van der Waals surface area (Å²) in [6, 6.07) is -0.899. The van der Waals surface area contributed by atoms with Crippen LogP contribution in [0.3, 0.4) is 0 Å². The van der Waals surface area contributed by atoms with Crippen LogP contribution in [0.25, 0.3) is 0 Å². The van der Waals surface area contributed by atoms with Gasteiger partial charge in [-0.1, -0.05) is 302 Å². The molecule has 0 aromatic rings. The van der Waals surface area contributed by atoms with Crippen molar-refractivity contribution in [3.8, 4) is 0 Å². The lowest BCUT2D eigenvalue weighted by Crippen LogP contribution is -2.47.